The molecule has 0 atom stereocenters. The van der Waals surface area contributed by atoms with Crippen molar-refractivity contribution < 1.29 is 23.1 Å². The Labute approximate surface area is 156 Å². The summed E-state index contributed by atoms with van der Waals surface area (Å²) >= 11 is 0. The molecule has 0 spiro atoms. The highest BCUT2D eigenvalue weighted by molar-refractivity contribution is 6.04. The number of carbonyl (C=O) groups is 2. The summed E-state index contributed by atoms with van der Waals surface area (Å²) in [5, 5.41) is 5.54. The van der Waals surface area contributed by atoms with Gasteiger partial charge in [0.05, 0.1) is 17.7 Å². The van der Waals surface area contributed by atoms with Crippen molar-refractivity contribution in [3.8, 4) is 5.75 Å². The van der Waals surface area contributed by atoms with Crippen LogP contribution >= 0.6 is 0 Å². The Balaban J connectivity index is 2.00. The summed E-state index contributed by atoms with van der Waals surface area (Å²) in [4.78, 5) is 24.6. The number of hydrogen-bond donors (Lipinski definition) is 2. The molecule has 0 radical (unpaired) electrons. The van der Waals surface area contributed by atoms with Gasteiger partial charge in [-0.1, -0.05) is 38.1 Å². The first-order chi connectivity index (χ1) is 12.8. The van der Waals surface area contributed by atoms with Crippen molar-refractivity contribution in [1.29, 1.82) is 0 Å². The molecule has 27 heavy (non-hydrogen) atoms. The Morgan fingerprint density at radius 2 is 1.70 bits per heavy atom. The number of ether oxygens (including phenoxy) is 1. The first kappa shape index (κ1) is 20.4. The Morgan fingerprint density at radius 1 is 1.04 bits per heavy atom. The van der Waals surface area contributed by atoms with Crippen LogP contribution in [0.15, 0.2) is 48.5 Å². The van der Waals surface area contributed by atoms with Gasteiger partial charge in [-0.3, -0.25) is 9.59 Å². The van der Waals surface area contributed by atoms with E-state index in [0.717, 1.165) is 0 Å². The standard InChI is InChI=1S/C20H22F2N2O3/c1-13(2)12-23-19(26)16-5-3-4-6-17(16)24-18(25)11-14-7-9-15(10-8-14)27-20(21)22/h3-10,13,20H,11-12H2,1-2H3,(H,23,26)(H,24,25). The maximum absolute atomic E-state index is 12.3. The number of alkyl halides is 2. The predicted octanol–water partition coefficient (Wildman–Crippen LogP) is 3.86. The highest BCUT2D eigenvalue weighted by atomic mass is 19.3. The van der Waals surface area contributed by atoms with E-state index in [2.05, 4.69) is 15.4 Å². The highest BCUT2D eigenvalue weighted by Crippen LogP contribution is 2.18. The predicted molar refractivity (Wildman–Crippen MR) is 99.0 cm³/mol. The van der Waals surface area contributed by atoms with Gasteiger partial charge in [-0.15, -0.1) is 0 Å². The molecule has 2 amide bonds. The quantitative estimate of drug-likeness (QED) is 0.735. The first-order valence-electron chi connectivity index (χ1n) is 8.56. The van der Waals surface area contributed by atoms with Crippen LogP contribution in [0.3, 0.4) is 0 Å². The molecule has 7 heteroatoms. The molecule has 0 aromatic heterocycles. The topological polar surface area (TPSA) is 67.4 Å². The van der Waals surface area contributed by atoms with Crippen molar-refractivity contribution in [1.82, 2.24) is 5.32 Å². The summed E-state index contributed by atoms with van der Waals surface area (Å²) in [7, 11) is 0. The fraction of sp³-hybridized carbons (Fsp3) is 0.300. The summed E-state index contributed by atoms with van der Waals surface area (Å²) in [6.45, 7) is 1.63. The van der Waals surface area contributed by atoms with Gasteiger partial charge in [0, 0.05) is 6.54 Å². The van der Waals surface area contributed by atoms with Crippen LogP contribution in [0.1, 0.15) is 29.8 Å². The maximum atomic E-state index is 12.3. The van der Waals surface area contributed by atoms with Gasteiger partial charge in [-0.25, -0.2) is 0 Å². The van der Waals surface area contributed by atoms with Crippen molar-refractivity contribution in [2.45, 2.75) is 26.9 Å². The van der Waals surface area contributed by atoms with E-state index in [1.54, 1.807) is 36.4 Å². The molecule has 0 bridgehead atoms. The number of para-hydroxylation sites is 1. The van der Waals surface area contributed by atoms with E-state index in [9.17, 15) is 18.4 Å². The molecule has 0 heterocycles. The van der Waals surface area contributed by atoms with Crippen LogP contribution in [-0.2, 0) is 11.2 Å². The van der Waals surface area contributed by atoms with E-state index >= 15 is 0 Å². The summed E-state index contributed by atoms with van der Waals surface area (Å²) in [6.07, 6.45) is 0.0386. The van der Waals surface area contributed by atoms with E-state index in [1.165, 1.54) is 12.1 Å². The average Bonchev–Trinajstić information content (AvgIpc) is 2.61. The number of amides is 2. The molecule has 0 saturated carbocycles. The third-order valence-corrected chi connectivity index (χ3v) is 3.63. The lowest BCUT2D eigenvalue weighted by atomic mass is 10.1. The zero-order chi connectivity index (χ0) is 19.8. The molecular weight excluding hydrogens is 354 g/mol. The van der Waals surface area contributed by atoms with Crippen LogP contribution in [-0.4, -0.2) is 25.0 Å². The lowest BCUT2D eigenvalue weighted by molar-refractivity contribution is -0.115. The number of rotatable bonds is 8. The lowest BCUT2D eigenvalue weighted by Gasteiger charge is -2.12. The van der Waals surface area contributed by atoms with Crippen molar-refractivity contribution >= 4 is 17.5 Å². The van der Waals surface area contributed by atoms with Crippen LogP contribution in [0, 0.1) is 5.92 Å². The fourth-order valence-electron chi connectivity index (χ4n) is 2.35. The Morgan fingerprint density at radius 3 is 2.33 bits per heavy atom. The van der Waals surface area contributed by atoms with Gasteiger partial charge in [0.2, 0.25) is 5.91 Å². The van der Waals surface area contributed by atoms with Gasteiger partial charge in [0.25, 0.3) is 5.91 Å². The van der Waals surface area contributed by atoms with Gasteiger partial charge < -0.3 is 15.4 Å². The van der Waals surface area contributed by atoms with Crippen molar-refractivity contribution in [3.05, 3.63) is 59.7 Å². The molecule has 2 rings (SSSR count). The molecule has 0 saturated heterocycles. The van der Waals surface area contributed by atoms with Gasteiger partial charge in [0.15, 0.2) is 0 Å². The number of halogens is 2. The zero-order valence-corrected chi connectivity index (χ0v) is 15.2. The van der Waals surface area contributed by atoms with E-state index in [1.807, 2.05) is 13.8 Å². The minimum atomic E-state index is -2.89. The van der Waals surface area contributed by atoms with Gasteiger partial charge >= 0.3 is 6.61 Å². The molecule has 2 N–H and O–H groups in total. The second-order valence-corrected chi connectivity index (χ2v) is 6.40. The van der Waals surface area contributed by atoms with Crippen molar-refractivity contribution in [2.24, 2.45) is 5.92 Å². The first-order valence-corrected chi connectivity index (χ1v) is 8.56. The van der Waals surface area contributed by atoms with Gasteiger partial charge in [0.1, 0.15) is 5.75 Å². The van der Waals surface area contributed by atoms with Crippen molar-refractivity contribution in [2.75, 3.05) is 11.9 Å². The SMILES string of the molecule is CC(C)CNC(=O)c1ccccc1NC(=O)Cc1ccc(OC(F)F)cc1. The molecule has 144 valence electrons. The average molecular weight is 376 g/mol. The minimum absolute atomic E-state index is 0.0290. The Hall–Kier alpha value is -2.96. The van der Waals surface area contributed by atoms with Crippen LogP contribution in [0.4, 0.5) is 14.5 Å². The normalized spacial score (nSPS) is 10.7. The van der Waals surface area contributed by atoms with Crippen LogP contribution in [0.25, 0.3) is 0 Å². The molecule has 0 fully saturated rings. The molecule has 5 nitrogen and oxygen atoms in total. The van der Waals surface area contributed by atoms with Gasteiger partial charge in [-0.2, -0.15) is 8.78 Å². The number of hydrogen-bond acceptors (Lipinski definition) is 3. The summed E-state index contributed by atoms with van der Waals surface area (Å²) in [6, 6.07) is 12.6. The third-order valence-electron chi connectivity index (χ3n) is 3.63. The Kier molecular flexibility index (Phi) is 7.28. The molecule has 0 aliphatic heterocycles. The molecule has 0 aliphatic rings. The number of carbonyl (C=O) groups excluding carboxylic acids is 2. The molecule has 2 aromatic rings. The fourth-order valence-corrected chi connectivity index (χ4v) is 2.35. The van der Waals surface area contributed by atoms with E-state index in [0.29, 0.717) is 29.3 Å². The second-order valence-electron chi connectivity index (χ2n) is 6.40. The molecule has 2 aromatic carbocycles. The monoisotopic (exact) mass is 376 g/mol. The highest BCUT2D eigenvalue weighted by Gasteiger charge is 2.13. The minimum Gasteiger partial charge on any atom is -0.435 e. The van der Waals surface area contributed by atoms with Crippen molar-refractivity contribution in [3.63, 3.8) is 0 Å². The summed E-state index contributed by atoms with van der Waals surface area (Å²) in [5.41, 5.74) is 1.43. The molecule has 0 unspecified atom stereocenters. The van der Waals surface area contributed by atoms with E-state index < -0.39 is 6.61 Å². The van der Waals surface area contributed by atoms with E-state index in [-0.39, 0.29) is 24.0 Å². The maximum Gasteiger partial charge on any atom is 0.387 e. The van der Waals surface area contributed by atoms with E-state index in [4.69, 9.17) is 0 Å². The van der Waals surface area contributed by atoms with Crippen LogP contribution < -0.4 is 15.4 Å². The van der Waals surface area contributed by atoms with Crippen LogP contribution in [0.2, 0.25) is 0 Å². The summed E-state index contributed by atoms with van der Waals surface area (Å²) < 4.78 is 28.6. The van der Waals surface area contributed by atoms with Crippen LogP contribution in [0.5, 0.6) is 5.75 Å². The number of benzene rings is 2. The lowest BCUT2D eigenvalue weighted by Crippen LogP contribution is -2.28. The zero-order valence-electron chi connectivity index (χ0n) is 15.2. The summed E-state index contributed by atoms with van der Waals surface area (Å²) in [5.74, 6) is -0.233. The number of anilines is 1. The molecule has 0 aliphatic carbocycles. The van der Waals surface area contributed by atoms with Gasteiger partial charge in [-0.05, 0) is 35.7 Å². The molecular formula is C20H22F2N2O3. The number of nitrogens with one attached hydrogen (secondary N) is 2. The third kappa shape index (κ3) is 6.69. The smallest absolute Gasteiger partial charge is 0.387 e. The second kappa shape index (κ2) is 9.66. The Bertz CT molecular complexity index is 777. The largest absolute Gasteiger partial charge is 0.435 e.